The number of likely N-dealkylation sites (N-methyl/N-ethyl adjacent to an activating group) is 1. The van der Waals surface area contributed by atoms with Crippen LogP contribution in [0, 0.1) is 0 Å². The van der Waals surface area contributed by atoms with E-state index >= 15 is 0 Å². The standard InChI is InChI=1S/C12H25N3O2/c1-12(2,3)17-11(16)15-7-9(13)6-10(15)8-14(4)5/h9-10H,6-8,13H2,1-5H3/t9-,10-/m1/s1. The summed E-state index contributed by atoms with van der Waals surface area (Å²) in [6, 6.07) is 0.224. The molecule has 0 unspecified atom stereocenters. The lowest BCUT2D eigenvalue weighted by atomic mass is 10.2. The summed E-state index contributed by atoms with van der Waals surface area (Å²) < 4.78 is 5.39. The zero-order chi connectivity index (χ0) is 13.2. The third-order valence-electron chi connectivity index (χ3n) is 2.65. The molecule has 0 bridgehead atoms. The first kappa shape index (κ1) is 14.3. The van der Waals surface area contributed by atoms with Crippen molar-refractivity contribution < 1.29 is 9.53 Å². The highest BCUT2D eigenvalue weighted by atomic mass is 16.6. The van der Waals surface area contributed by atoms with E-state index in [2.05, 4.69) is 4.90 Å². The molecule has 0 spiro atoms. The maximum absolute atomic E-state index is 12.0. The van der Waals surface area contributed by atoms with Gasteiger partial charge in [-0.1, -0.05) is 0 Å². The molecule has 0 aromatic heterocycles. The molecule has 5 nitrogen and oxygen atoms in total. The van der Waals surface area contributed by atoms with Gasteiger partial charge in [0.1, 0.15) is 5.60 Å². The van der Waals surface area contributed by atoms with Gasteiger partial charge in [-0.05, 0) is 41.3 Å². The van der Waals surface area contributed by atoms with E-state index in [1.165, 1.54) is 0 Å². The number of hydrogen-bond donors (Lipinski definition) is 1. The van der Waals surface area contributed by atoms with Gasteiger partial charge in [-0.15, -0.1) is 0 Å². The molecule has 5 heteroatoms. The van der Waals surface area contributed by atoms with Crippen molar-refractivity contribution in [2.45, 2.75) is 44.9 Å². The predicted octanol–water partition coefficient (Wildman–Crippen LogP) is 0.885. The summed E-state index contributed by atoms with van der Waals surface area (Å²) in [5.74, 6) is 0. The van der Waals surface area contributed by atoms with Crippen LogP contribution < -0.4 is 5.73 Å². The molecule has 2 N–H and O–H groups in total. The van der Waals surface area contributed by atoms with Crippen LogP contribution in [0.3, 0.4) is 0 Å². The Kier molecular flexibility index (Phi) is 4.38. The number of carbonyl (C=O) groups excluding carboxylic acids is 1. The minimum absolute atomic E-state index is 0.0625. The lowest BCUT2D eigenvalue weighted by Crippen LogP contribution is -2.44. The van der Waals surface area contributed by atoms with Crippen molar-refractivity contribution in [2.75, 3.05) is 27.2 Å². The number of nitrogens with two attached hydrogens (primary N) is 1. The lowest BCUT2D eigenvalue weighted by Gasteiger charge is -2.29. The topological polar surface area (TPSA) is 58.8 Å². The third kappa shape index (κ3) is 4.52. The molecule has 1 amide bonds. The summed E-state index contributed by atoms with van der Waals surface area (Å²) in [6.45, 7) is 7.05. The smallest absolute Gasteiger partial charge is 0.410 e. The normalized spacial score (nSPS) is 25.5. The minimum atomic E-state index is -0.452. The fourth-order valence-electron chi connectivity index (χ4n) is 2.09. The van der Waals surface area contributed by atoms with Gasteiger partial charge in [-0.3, -0.25) is 0 Å². The number of amides is 1. The number of hydrogen-bond acceptors (Lipinski definition) is 4. The number of rotatable bonds is 2. The molecule has 0 saturated carbocycles. The van der Waals surface area contributed by atoms with Crippen LogP contribution in [0.2, 0.25) is 0 Å². The van der Waals surface area contributed by atoms with Gasteiger partial charge in [0, 0.05) is 25.2 Å². The Morgan fingerprint density at radius 2 is 2.06 bits per heavy atom. The van der Waals surface area contributed by atoms with Crippen LogP contribution in [-0.4, -0.2) is 60.8 Å². The van der Waals surface area contributed by atoms with Crippen LogP contribution in [-0.2, 0) is 4.74 Å². The molecule has 1 heterocycles. The summed E-state index contributed by atoms with van der Waals surface area (Å²) in [6.07, 6.45) is 0.592. The zero-order valence-electron chi connectivity index (χ0n) is 11.6. The van der Waals surface area contributed by atoms with Crippen molar-refractivity contribution >= 4 is 6.09 Å². The van der Waals surface area contributed by atoms with Crippen LogP contribution in [0.5, 0.6) is 0 Å². The number of ether oxygens (including phenoxy) is 1. The summed E-state index contributed by atoms with van der Waals surface area (Å²) in [7, 11) is 3.99. The van der Waals surface area contributed by atoms with Gasteiger partial charge in [-0.25, -0.2) is 4.79 Å². The van der Waals surface area contributed by atoms with Gasteiger partial charge in [0.15, 0.2) is 0 Å². The van der Waals surface area contributed by atoms with Gasteiger partial charge in [0.25, 0.3) is 0 Å². The van der Waals surface area contributed by atoms with Crippen molar-refractivity contribution in [3.63, 3.8) is 0 Å². The molecule has 1 aliphatic rings. The monoisotopic (exact) mass is 243 g/mol. The van der Waals surface area contributed by atoms with E-state index in [4.69, 9.17) is 10.5 Å². The molecule has 100 valence electrons. The van der Waals surface area contributed by atoms with Crippen molar-refractivity contribution in [3.05, 3.63) is 0 Å². The van der Waals surface area contributed by atoms with Crippen molar-refractivity contribution in [3.8, 4) is 0 Å². The summed E-state index contributed by atoms with van der Waals surface area (Å²) >= 11 is 0. The minimum Gasteiger partial charge on any atom is -0.444 e. The Bertz CT molecular complexity index is 273. The second-order valence-electron chi connectivity index (χ2n) is 6.04. The van der Waals surface area contributed by atoms with Gasteiger partial charge < -0.3 is 20.3 Å². The molecule has 17 heavy (non-hydrogen) atoms. The van der Waals surface area contributed by atoms with Gasteiger partial charge in [0.2, 0.25) is 0 Å². The van der Waals surface area contributed by atoms with E-state index in [-0.39, 0.29) is 18.2 Å². The van der Waals surface area contributed by atoms with Gasteiger partial charge in [0.05, 0.1) is 0 Å². The second kappa shape index (κ2) is 5.23. The first-order valence-corrected chi connectivity index (χ1v) is 6.09. The second-order valence-corrected chi connectivity index (χ2v) is 6.04. The SMILES string of the molecule is CN(C)C[C@H]1C[C@@H](N)CN1C(=O)OC(C)(C)C. The molecular formula is C12H25N3O2. The lowest BCUT2D eigenvalue weighted by molar-refractivity contribution is 0.0207. The third-order valence-corrected chi connectivity index (χ3v) is 2.65. The van der Waals surface area contributed by atoms with Crippen LogP contribution in [0.1, 0.15) is 27.2 Å². The Balaban J connectivity index is 2.63. The summed E-state index contributed by atoms with van der Waals surface area (Å²) in [5, 5.41) is 0. The Hall–Kier alpha value is -0.810. The van der Waals surface area contributed by atoms with Crippen molar-refractivity contribution in [1.29, 1.82) is 0 Å². The van der Waals surface area contributed by atoms with Crippen LogP contribution in [0.4, 0.5) is 4.79 Å². The van der Waals surface area contributed by atoms with E-state index < -0.39 is 5.60 Å². The maximum atomic E-state index is 12.0. The highest BCUT2D eigenvalue weighted by Crippen LogP contribution is 2.20. The quantitative estimate of drug-likeness (QED) is 0.782. The molecule has 2 atom stereocenters. The van der Waals surface area contributed by atoms with Crippen LogP contribution >= 0.6 is 0 Å². The summed E-state index contributed by atoms with van der Waals surface area (Å²) in [4.78, 5) is 15.9. The molecule has 1 aliphatic heterocycles. The highest BCUT2D eigenvalue weighted by Gasteiger charge is 2.36. The van der Waals surface area contributed by atoms with E-state index in [0.717, 1.165) is 13.0 Å². The fourth-order valence-corrected chi connectivity index (χ4v) is 2.09. The average molecular weight is 243 g/mol. The fraction of sp³-hybridized carbons (Fsp3) is 0.917. The molecule has 0 aromatic carbocycles. The number of carbonyl (C=O) groups is 1. The highest BCUT2D eigenvalue weighted by molar-refractivity contribution is 5.69. The molecule has 0 aliphatic carbocycles. The van der Waals surface area contributed by atoms with E-state index in [0.29, 0.717) is 6.54 Å². The molecule has 1 rings (SSSR count). The zero-order valence-corrected chi connectivity index (χ0v) is 11.6. The first-order valence-electron chi connectivity index (χ1n) is 6.09. The van der Waals surface area contributed by atoms with Crippen molar-refractivity contribution in [2.24, 2.45) is 5.73 Å². The molecule has 1 fully saturated rings. The number of likely N-dealkylation sites (tertiary alicyclic amines) is 1. The summed E-state index contributed by atoms with van der Waals surface area (Å²) in [5.41, 5.74) is 5.47. The Morgan fingerprint density at radius 1 is 1.47 bits per heavy atom. The first-order chi connectivity index (χ1) is 7.69. The van der Waals surface area contributed by atoms with Gasteiger partial charge >= 0.3 is 6.09 Å². The van der Waals surface area contributed by atoms with Crippen molar-refractivity contribution in [1.82, 2.24) is 9.80 Å². The van der Waals surface area contributed by atoms with Crippen LogP contribution in [0.25, 0.3) is 0 Å². The van der Waals surface area contributed by atoms with E-state index in [9.17, 15) is 4.79 Å². The largest absolute Gasteiger partial charge is 0.444 e. The van der Waals surface area contributed by atoms with Gasteiger partial charge in [-0.2, -0.15) is 0 Å². The molecule has 0 aromatic rings. The Morgan fingerprint density at radius 3 is 2.53 bits per heavy atom. The average Bonchev–Trinajstić information content (AvgIpc) is 2.42. The number of nitrogens with zero attached hydrogens (tertiary/aromatic N) is 2. The molecule has 1 saturated heterocycles. The molecular weight excluding hydrogens is 218 g/mol. The van der Waals surface area contributed by atoms with E-state index in [1.807, 2.05) is 34.9 Å². The maximum Gasteiger partial charge on any atom is 0.410 e. The molecule has 0 radical (unpaired) electrons. The van der Waals surface area contributed by atoms with E-state index in [1.54, 1.807) is 4.90 Å². The Labute approximate surface area is 104 Å². The van der Waals surface area contributed by atoms with Crippen LogP contribution in [0.15, 0.2) is 0 Å². The predicted molar refractivity (Wildman–Crippen MR) is 67.9 cm³/mol.